The van der Waals surface area contributed by atoms with Gasteiger partial charge >= 0.3 is 0 Å². The predicted octanol–water partition coefficient (Wildman–Crippen LogP) is 2.97. The number of aryl methyl sites for hydroxylation is 1. The Morgan fingerprint density at radius 3 is 2.76 bits per heavy atom. The summed E-state index contributed by atoms with van der Waals surface area (Å²) in [5.41, 5.74) is 2.13. The molecule has 0 saturated heterocycles. The lowest BCUT2D eigenvalue weighted by molar-refractivity contribution is 0.0739. The molecule has 0 radical (unpaired) electrons. The van der Waals surface area contributed by atoms with Gasteiger partial charge < -0.3 is 15.0 Å². The first-order chi connectivity index (χ1) is 13.7. The number of nitrogens with one attached hydrogen (secondary N) is 1. The monoisotopic (exact) mass is 409 g/mol. The van der Waals surface area contributed by atoms with Crippen LogP contribution in [0.1, 0.15) is 19.5 Å². The molecule has 150 valence electrons. The summed E-state index contributed by atoms with van der Waals surface area (Å²) in [4.78, 5) is 26.1. The average Bonchev–Trinajstić information content (AvgIpc) is 2.68. The van der Waals surface area contributed by atoms with E-state index in [-0.39, 0.29) is 5.56 Å². The molecule has 3 aromatic heterocycles. The van der Waals surface area contributed by atoms with E-state index >= 15 is 0 Å². The van der Waals surface area contributed by atoms with Crippen LogP contribution in [0.25, 0.3) is 22.2 Å². The maximum atomic E-state index is 12.7. The van der Waals surface area contributed by atoms with E-state index in [0.29, 0.717) is 34.7 Å². The molecule has 0 fully saturated rings. The van der Waals surface area contributed by atoms with E-state index in [2.05, 4.69) is 36.1 Å². The molecule has 8 heteroatoms. The molecule has 2 N–H and O–H groups in total. The highest BCUT2D eigenvalue weighted by Crippen LogP contribution is 2.26. The van der Waals surface area contributed by atoms with Crippen LogP contribution in [0.15, 0.2) is 59.6 Å². The molecule has 1 atom stereocenters. The smallest absolute Gasteiger partial charge is 0.264 e. The normalized spacial score (nSPS) is 11.9. The third kappa shape index (κ3) is 4.58. The number of hydrogen-bond acceptors (Lipinski definition) is 6. The molecule has 7 nitrogen and oxygen atoms in total. The molecule has 3 heterocycles. The Balaban J connectivity index is 2.10. The zero-order valence-corrected chi connectivity index (χ0v) is 17.8. The van der Waals surface area contributed by atoms with Gasteiger partial charge in [0, 0.05) is 25.4 Å². The zero-order chi connectivity index (χ0) is 21.2. The summed E-state index contributed by atoms with van der Waals surface area (Å²) in [6, 6.07) is 5.37. The van der Waals surface area contributed by atoms with Crippen molar-refractivity contribution in [1.82, 2.24) is 19.5 Å². The van der Waals surface area contributed by atoms with Gasteiger partial charge in [0.15, 0.2) is 0 Å². The van der Waals surface area contributed by atoms with Crippen LogP contribution in [0.4, 0.5) is 5.82 Å². The second kappa shape index (κ2) is 8.23. The van der Waals surface area contributed by atoms with Crippen LogP contribution in [0.2, 0.25) is 0 Å². The van der Waals surface area contributed by atoms with E-state index in [4.69, 9.17) is 0 Å². The average molecular weight is 409 g/mol. The van der Waals surface area contributed by atoms with Gasteiger partial charge in [-0.3, -0.25) is 9.78 Å². The van der Waals surface area contributed by atoms with Crippen molar-refractivity contribution in [3.8, 4) is 11.3 Å². The molecule has 0 aliphatic carbocycles. The summed E-state index contributed by atoms with van der Waals surface area (Å²) in [5.74, 6) is 2.26. The number of pyridine rings is 2. The van der Waals surface area contributed by atoms with E-state index in [1.54, 1.807) is 39.2 Å². The summed E-state index contributed by atoms with van der Waals surface area (Å²) < 4.78 is 1.42. The molecule has 3 aromatic rings. The van der Waals surface area contributed by atoms with Crippen LogP contribution in [0.5, 0.6) is 0 Å². The number of nitrogens with zero attached hydrogens (tertiary/aromatic N) is 4. The number of anilines is 1. The van der Waals surface area contributed by atoms with Crippen molar-refractivity contribution in [3.05, 3.63) is 70.8 Å². The first kappa shape index (κ1) is 20.8. The summed E-state index contributed by atoms with van der Waals surface area (Å²) in [5, 5.41) is 13.7. The van der Waals surface area contributed by atoms with Crippen LogP contribution < -0.4 is 10.9 Å². The second-order valence-electron chi connectivity index (χ2n) is 7.27. The van der Waals surface area contributed by atoms with Gasteiger partial charge in [-0.2, -0.15) is 0 Å². The molecule has 0 aliphatic rings. The van der Waals surface area contributed by atoms with Crippen LogP contribution in [0, 0.1) is 0 Å². The molecule has 29 heavy (non-hydrogen) atoms. The standard InChI is InChI=1S/C21H24N5O2P/c1-13(7-8-29)10-23-19-18-16(24-12-26(4)20(18)27)9-15(25-19)14-5-6-17(22-11-14)21(2,3)28/h5-9,11-12,28H,1,10,29H2,2-4H3,(H,23,25)/b8-7-. The Labute approximate surface area is 171 Å². The Bertz CT molecular complexity index is 1140. The highest BCUT2D eigenvalue weighted by molar-refractivity contribution is 7.20. The van der Waals surface area contributed by atoms with Gasteiger partial charge in [-0.15, -0.1) is 9.24 Å². The number of aromatic nitrogens is 4. The van der Waals surface area contributed by atoms with E-state index in [1.165, 1.54) is 10.9 Å². The van der Waals surface area contributed by atoms with Crippen LogP contribution in [-0.4, -0.2) is 31.2 Å². The molecular formula is C21H24N5O2P. The summed E-state index contributed by atoms with van der Waals surface area (Å²) in [6.07, 6.45) is 5.01. The summed E-state index contributed by atoms with van der Waals surface area (Å²) in [7, 11) is 4.16. The molecule has 0 aliphatic heterocycles. The minimum absolute atomic E-state index is 0.181. The van der Waals surface area contributed by atoms with Crippen molar-refractivity contribution in [2.24, 2.45) is 7.05 Å². The van der Waals surface area contributed by atoms with Crippen molar-refractivity contribution in [2.45, 2.75) is 19.4 Å². The minimum Gasteiger partial charge on any atom is -0.384 e. The third-order valence-corrected chi connectivity index (χ3v) is 4.60. The maximum absolute atomic E-state index is 12.7. The van der Waals surface area contributed by atoms with Crippen molar-refractivity contribution in [1.29, 1.82) is 0 Å². The van der Waals surface area contributed by atoms with E-state index in [1.807, 2.05) is 18.0 Å². The number of hydrogen-bond donors (Lipinski definition) is 2. The van der Waals surface area contributed by atoms with Crippen LogP contribution >= 0.6 is 9.24 Å². The molecule has 0 spiro atoms. The largest absolute Gasteiger partial charge is 0.384 e. The molecule has 0 aromatic carbocycles. The molecular weight excluding hydrogens is 385 g/mol. The molecule has 0 saturated carbocycles. The fourth-order valence-corrected chi connectivity index (χ4v) is 3.07. The predicted molar refractivity (Wildman–Crippen MR) is 120 cm³/mol. The highest BCUT2D eigenvalue weighted by atomic mass is 31.0. The van der Waals surface area contributed by atoms with Gasteiger partial charge in [-0.25, -0.2) is 9.97 Å². The van der Waals surface area contributed by atoms with Crippen molar-refractivity contribution in [2.75, 3.05) is 11.9 Å². The maximum Gasteiger partial charge on any atom is 0.264 e. The van der Waals surface area contributed by atoms with Gasteiger partial charge in [0.05, 0.1) is 23.2 Å². The van der Waals surface area contributed by atoms with Gasteiger partial charge in [0.2, 0.25) is 0 Å². The lowest BCUT2D eigenvalue weighted by Gasteiger charge is -2.16. The number of rotatable bonds is 6. The fraction of sp³-hybridized carbons (Fsp3) is 0.238. The van der Waals surface area contributed by atoms with Gasteiger partial charge in [-0.1, -0.05) is 18.5 Å². The first-order valence-electron chi connectivity index (χ1n) is 9.06. The fourth-order valence-electron chi connectivity index (χ4n) is 2.80. The Hall–Kier alpha value is -2.89. The van der Waals surface area contributed by atoms with Crippen LogP contribution in [0.3, 0.4) is 0 Å². The van der Waals surface area contributed by atoms with Crippen molar-refractivity contribution >= 4 is 26.0 Å². The third-order valence-electron chi connectivity index (χ3n) is 4.40. The number of fused-ring (bicyclic) bond motifs is 1. The van der Waals surface area contributed by atoms with E-state index in [0.717, 1.165) is 11.1 Å². The van der Waals surface area contributed by atoms with E-state index in [9.17, 15) is 9.90 Å². The second-order valence-corrected chi connectivity index (χ2v) is 7.66. The topological polar surface area (TPSA) is 92.9 Å². The first-order valence-corrected chi connectivity index (χ1v) is 9.73. The summed E-state index contributed by atoms with van der Waals surface area (Å²) in [6.45, 7) is 7.77. The molecule has 0 bridgehead atoms. The Kier molecular flexibility index (Phi) is 5.91. The quantitative estimate of drug-likeness (QED) is 0.480. The summed E-state index contributed by atoms with van der Waals surface area (Å²) >= 11 is 0. The number of aliphatic hydroxyl groups is 1. The van der Waals surface area contributed by atoms with Gasteiger partial charge in [0.25, 0.3) is 5.56 Å². The van der Waals surface area contributed by atoms with Crippen molar-refractivity contribution in [3.63, 3.8) is 0 Å². The lowest BCUT2D eigenvalue weighted by atomic mass is 10.0. The van der Waals surface area contributed by atoms with Gasteiger partial charge in [-0.05, 0) is 37.6 Å². The molecule has 3 rings (SSSR count). The van der Waals surface area contributed by atoms with Crippen molar-refractivity contribution < 1.29 is 5.11 Å². The molecule has 1 unspecified atom stereocenters. The van der Waals surface area contributed by atoms with Gasteiger partial charge in [0.1, 0.15) is 16.8 Å². The lowest BCUT2D eigenvalue weighted by Crippen LogP contribution is -2.20. The van der Waals surface area contributed by atoms with Crippen LogP contribution in [-0.2, 0) is 12.6 Å². The SMILES string of the molecule is C=C(/C=C\P)CNc1nc(-c2ccc(C(C)(C)O)nc2)cc2ncn(C)c(=O)c12. The molecule has 0 amide bonds. The Morgan fingerprint density at radius 2 is 2.14 bits per heavy atom. The highest BCUT2D eigenvalue weighted by Gasteiger charge is 2.18. The van der Waals surface area contributed by atoms with E-state index < -0.39 is 5.60 Å². The minimum atomic E-state index is -1.03. The Morgan fingerprint density at radius 1 is 1.38 bits per heavy atom. The zero-order valence-electron chi connectivity index (χ0n) is 16.7.